The van der Waals surface area contributed by atoms with Crippen LogP contribution in [0.2, 0.25) is 0 Å². The lowest BCUT2D eigenvalue weighted by molar-refractivity contribution is -0.136. The van der Waals surface area contributed by atoms with Gasteiger partial charge in [-0.15, -0.1) is 0 Å². The summed E-state index contributed by atoms with van der Waals surface area (Å²) in [6, 6.07) is 7.46. The lowest BCUT2D eigenvalue weighted by Gasteiger charge is -2.53. The van der Waals surface area contributed by atoms with Crippen molar-refractivity contribution in [1.29, 1.82) is 5.26 Å². The largest absolute Gasteiger partial charge is 0.381 e. The number of hydrogen-bond donors (Lipinski definition) is 2. The monoisotopic (exact) mass is 534 g/mol. The second kappa shape index (κ2) is 11.1. The molecule has 1 spiro atoms. The maximum Gasteiger partial charge on any atom is 0.237 e. The van der Waals surface area contributed by atoms with Crippen molar-refractivity contribution in [1.82, 2.24) is 19.8 Å². The lowest BCUT2D eigenvalue weighted by atomic mass is 9.73. The zero-order valence-electron chi connectivity index (χ0n) is 22.3. The quantitative estimate of drug-likeness (QED) is 0.369. The number of aromatic nitrogens is 2. The van der Waals surface area contributed by atoms with Crippen LogP contribution in [0, 0.1) is 16.7 Å². The van der Waals surface area contributed by atoms with Gasteiger partial charge in [0.05, 0.1) is 17.8 Å². The smallest absolute Gasteiger partial charge is 0.237 e. The fraction of sp³-hybridized carbons (Fsp3) is 0.519. The van der Waals surface area contributed by atoms with Gasteiger partial charge in [-0.05, 0) is 26.0 Å². The summed E-state index contributed by atoms with van der Waals surface area (Å²) in [7, 11) is 3.55. The van der Waals surface area contributed by atoms with E-state index in [1.807, 2.05) is 11.9 Å². The molecular weight excluding hydrogens is 500 g/mol. The number of hydrogen-bond acceptors (Lipinski definition) is 11. The zero-order chi connectivity index (χ0) is 27.6. The van der Waals surface area contributed by atoms with E-state index in [9.17, 15) is 20.0 Å². The molecule has 0 saturated carbocycles. The van der Waals surface area contributed by atoms with Crippen molar-refractivity contribution < 1.29 is 19.4 Å². The van der Waals surface area contributed by atoms with Crippen LogP contribution in [0.3, 0.4) is 0 Å². The number of nitrogens with one attached hydrogen (secondary N) is 1. The van der Waals surface area contributed by atoms with Gasteiger partial charge in [-0.1, -0.05) is 6.07 Å². The third-order valence-electron chi connectivity index (χ3n) is 7.93. The summed E-state index contributed by atoms with van der Waals surface area (Å²) >= 11 is 0. The zero-order valence-corrected chi connectivity index (χ0v) is 22.3. The van der Waals surface area contributed by atoms with Crippen LogP contribution >= 0.6 is 0 Å². The van der Waals surface area contributed by atoms with Crippen molar-refractivity contribution in [3.63, 3.8) is 0 Å². The maximum atomic E-state index is 12.3. The van der Waals surface area contributed by atoms with Gasteiger partial charge < -0.3 is 29.9 Å². The van der Waals surface area contributed by atoms with Gasteiger partial charge in [-0.2, -0.15) is 5.26 Å². The van der Waals surface area contributed by atoms with Crippen LogP contribution in [0.15, 0.2) is 24.4 Å². The number of nitriles is 1. The molecule has 3 aliphatic heterocycles. The van der Waals surface area contributed by atoms with Gasteiger partial charge in [0.15, 0.2) is 6.29 Å². The summed E-state index contributed by atoms with van der Waals surface area (Å²) in [6.45, 7) is 5.29. The van der Waals surface area contributed by atoms with Crippen molar-refractivity contribution in [3.05, 3.63) is 41.2 Å². The minimum absolute atomic E-state index is 0.0110. The Hall–Kier alpha value is -3.79. The SMILES string of the molecule is CN1CCN(Cc2ccc(N(C)C(O)Nc3cc(N4CC5(CCOCC5)C4)c(C#N)cn3)nc2C=O)C(=O)C1. The summed E-state index contributed by atoms with van der Waals surface area (Å²) in [5.41, 5.74) is 2.38. The highest BCUT2D eigenvalue weighted by molar-refractivity contribution is 5.80. The van der Waals surface area contributed by atoms with Crippen molar-refractivity contribution in [3.8, 4) is 6.07 Å². The van der Waals surface area contributed by atoms with Crippen LogP contribution in [-0.2, 0) is 16.1 Å². The van der Waals surface area contributed by atoms with Gasteiger partial charge in [0.2, 0.25) is 12.3 Å². The predicted octanol–water partition coefficient (Wildman–Crippen LogP) is 0.876. The van der Waals surface area contributed by atoms with Crippen LogP contribution in [0.4, 0.5) is 17.3 Å². The Morgan fingerprint density at radius 3 is 2.77 bits per heavy atom. The first-order valence-electron chi connectivity index (χ1n) is 13.1. The average molecular weight is 535 g/mol. The van der Waals surface area contributed by atoms with E-state index >= 15 is 0 Å². The van der Waals surface area contributed by atoms with Gasteiger partial charge in [0.1, 0.15) is 23.4 Å². The molecule has 5 heterocycles. The number of likely N-dealkylation sites (N-methyl/N-ethyl adjacent to an activating group) is 1. The summed E-state index contributed by atoms with van der Waals surface area (Å²) in [6.07, 6.45) is 3.01. The number of rotatable bonds is 8. The second-order valence-electron chi connectivity index (χ2n) is 10.7. The number of aliphatic hydroxyl groups excluding tert-OH is 1. The van der Waals surface area contributed by atoms with Crippen molar-refractivity contribution in [2.45, 2.75) is 25.7 Å². The van der Waals surface area contributed by atoms with E-state index in [0.717, 1.165) is 51.4 Å². The molecule has 0 aliphatic carbocycles. The summed E-state index contributed by atoms with van der Waals surface area (Å²) < 4.78 is 5.51. The molecule has 5 rings (SSSR count). The molecular formula is C27H34N8O4. The summed E-state index contributed by atoms with van der Waals surface area (Å²) in [5.74, 6) is 0.803. The molecule has 206 valence electrons. The normalized spacial score (nSPS) is 19.8. The number of nitrogens with zero attached hydrogens (tertiary/aromatic N) is 7. The Balaban J connectivity index is 1.25. The Morgan fingerprint density at radius 1 is 1.31 bits per heavy atom. The molecule has 2 N–H and O–H groups in total. The number of piperazine rings is 1. The van der Waals surface area contributed by atoms with Crippen LogP contribution in [-0.4, -0.2) is 103 Å². The molecule has 0 bridgehead atoms. The van der Waals surface area contributed by atoms with Gasteiger partial charge in [-0.3, -0.25) is 14.5 Å². The van der Waals surface area contributed by atoms with Crippen molar-refractivity contribution >= 4 is 29.5 Å². The third-order valence-corrected chi connectivity index (χ3v) is 7.93. The Morgan fingerprint density at radius 2 is 2.08 bits per heavy atom. The van der Waals surface area contributed by atoms with E-state index in [1.54, 1.807) is 30.1 Å². The Kier molecular flexibility index (Phi) is 7.65. The van der Waals surface area contributed by atoms with E-state index in [4.69, 9.17) is 4.74 Å². The average Bonchev–Trinajstić information content (AvgIpc) is 2.93. The maximum absolute atomic E-state index is 12.3. The highest BCUT2D eigenvalue weighted by atomic mass is 16.5. The number of ether oxygens (including phenoxy) is 1. The van der Waals surface area contributed by atoms with E-state index in [2.05, 4.69) is 26.3 Å². The van der Waals surface area contributed by atoms with Gasteiger partial charge >= 0.3 is 0 Å². The molecule has 3 aliphatic rings. The molecule has 12 nitrogen and oxygen atoms in total. The first-order valence-corrected chi connectivity index (χ1v) is 13.1. The molecule has 1 atom stereocenters. The molecule has 0 radical (unpaired) electrons. The Labute approximate surface area is 227 Å². The molecule has 0 aromatic carbocycles. The van der Waals surface area contributed by atoms with Crippen molar-refractivity contribution in [2.75, 3.05) is 75.1 Å². The number of pyridine rings is 2. The minimum Gasteiger partial charge on any atom is -0.381 e. The first-order chi connectivity index (χ1) is 18.8. The number of amides is 1. The predicted molar refractivity (Wildman–Crippen MR) is 144 cm³/mol. The van der Waals surface area contributed by atoms with Gasteiger partial charge in [0.25, 0.3) is 0 Å². The highest BCUT2D eigenvalue weighted by Crippen LogP contribution is 2.43. The number of aldehydes is 1. The van der Waals surface area contributed by atoms with Crippen LogP contribution in [0.25, 0.3) is 0 Å². The van der Waals surface area contributed by atoms with E-state index in [0.29, 0.717) is 48.7 Å². The molecule has 39 heavy (non-hydrogen) atoms. The minimum atomic E-state index is -1.20. The van der Waals surface area contributed by atoms with E-state index < -0.39 is 6.35 Å². The fourth-order valence-corrected chi connectivity index (χ4v) is 5.40. The van der Waals surface area contributed by atoms with E-state index in [1.165, 1.54) is 11.1 Å². The number of aliphatic hydroxyl groups is 1. The number of carbonyl (C=O) groups is 2. The first kappa shape index (κ1) is 26.8. The van der Waals surface area contributed by atoms with Gasteiger partial charge in [0, 0.05) is 76.2 Å². The van der Waals surface area contributed by atoms with Gasteiger partial charge in [-0.25, -0.2) is 9.97 Å². The van der Waals surface area contributed by atoms with Crippen molar-refractivity contribution in [2.24, 2.45) is 5.41 Å². The molecule has 12 heteroatoms. The van der Waals surface area contributed by atoms with Crippen LogP contribution < -0.4 is 15.1 Å². The summed E-state index contributed by atoms with van der Waals surface area (Å²) in [4.78, 5) is 40.3. The summed E-state index contributed by atoms with van der Waals surface area (Å²) in [5, 5.41) is 23.5. The lowest BCUT2D eigenvalue weighted by Crippen LogP contribution is -2.58. The van der Waals surface area contributed by atoms with Crippen LogP contribution in [0.5, 0.6) is 0 Å². The third kappa shape index (κ3) is 5.66. The molecule has 1 unspecified atom stereocenters. The fourth-order valence-electron chi connectivity index (χ4n) is 5.40. The standard InChI is InChI=1S/C27H34N8O4/c1-32-7-8-34(25(37)15-32)14-19-3-4-24(30-21(19)16-36)33(2)26(38)31-23-11-22(20(12-28)13-29-23)35-17-27(18-35)5-9-39-10-6-27/h3-4,11,13,16,26,38H,5-10,14-15,17-18H2,1-2H3,(H,29,31). The van der Waals surface area contributed by atoms with Crippen LogP contribution in [0.1, 0.15) is 34.5 Å². The molecule has 2 aromatic rings. The topological polar surface area (TPSA) is 138 Å². The number of anilines is 3. The second-order valence-corrected chi connectivity index (χ2v) is 10.7. The number of carbonyl (C=O) groups excluding carboxylic acids is 2. The molecule has 3 fully saturated rings. The molecule has 2 aromatic heterocycles. The highest BCUT2D eigenvalue weighted by Gasteiger charge is 2.44. The van der Waals surface area contributed by atoms with E-state index in [-0.39, 0.29) is 17.0 Å². The molecule has 1 amide bonds. The molecule has 3 saturated heterocycles. The Bertz CT molecular complexity index is 1270.